The fraction of sp³-hybridized carbons (Fsp3) is 0.0526. The van der Waals surface area contributed by atoms with E-state index in [0.29, 0.717) is 22.1 Å². The third kappa shape index (κ3) is 4.84. The van der Waals surface area contributed by atoms with E-state index in [1.165, 1.54) is 24.3 Å². The van der Waals surface area contributed by atoms with Crippen LogP contribution in [0.4, 0.5) is 11.5 Å². The highest BCUT2D eigenvalue weighted by molar-refractivity contribution is 7.92. The third-order valence-electron chi connectivity index (χ3n) is 3.65. The molecule has 0 aliphatic carbocycles. The molecule has 6 nitrogen and oxygen atoms in total. The molecule has 1 aromatic heterocycles. The zero-order valence-electron chi connectivity index (χ0n) is 14.3. The molecule has 0 aliphatic heterocycles. The van der Waals surface area contributed by atoms with Crippen molar-refractivity contribution in [3.63, 3.8) is 0 Å². The van der Waals surface area contributed by atoms with Gasteiger partial charge in [-0.3, -0.25) is 9.52 Å². The molecule has 2 aromatic carbocycles. The summed E-state index contributed by atoms with van der Waals surface area (Å²) in [6.07, 6.45) is 0. The van der Waals surface area contributed by atoms with Gasteiger partial charge in [0.1, 0.15) is 5.82 Å². The number of nitrogens with zero attached hydrogens (tertiary/aromatic N) is 1. The number of halogens is 1. The largest absolute Gasteiger partial charge is 0.307 e. The van der Waals surface area contributed by atoms with Crippen LogP contribution in [0.25, 0.3) is 0 Å². The monoisotopic (exact) mass is 401 g/mol. The molecule has 0 saturated carbocycles. The Labute approximate surface area is 162 Å². The minimum absolute atomic E-state index is 0.0441. The number of hydrogen-bond acceptors (Lipinski definition) is 4. The highest BCUT2D eigenvalue weighted by atomic mass is 35.5. The molecule has 0 saturated heterocycles. The number of amides is 1. The van der Waals surface area contributed by atoms with Crippen LogP contribution in [0, 0.1) is 6.92 Å². The second-order valence-electron chi connectivity index (χ2n) is 5.76. The molecule has 3 rings (SSSR count). The van der Waals surface area contributed by atoms with Crippen molar-refractivity contribution in [3.05, 3.63) is 83.0 Å². The number of sulfonamides is 1. The molecular weight excluding hydrogens is 386 g/mol. The molecule has 0 fully saturated rings. The topological polar surface area (TPSA) is 88.2 Å². The Balaban J connectivity index is 1.73. The lowest BCUT2D eigenvalue weighted by molar-refractivity contribution is 0.102. The molecule has 0 aliphatic rings. The fourth-order valence-corrected chi connectivity index (χ4v) is 3.50. The predicted molar refractivity (Wildman–Crippen MR) is 106 cm³/mol. The van der Waals surface area contributed by atoms with Crippen LogP contribution in [0.3, 0.4) is 0 Å². The van der Waals surface area contributed by atoms with E-state index in [2.05, 4.69) is 15.0 Å². The summed E-state index contributed by atoms with van der Waals surface area (Å²) in [6.45, 7) is 1.82. The Morgan fingerprint density at radius 1 is 0.963 bits per heavy atom. The van der Waals surface area contributed by atoms with E-state index in [-0.39, 0.29) is 10.8 Å². The molecule has 0 spiro atoms. The SMILES string of the molecule is Cc1cccc(NC(=O)c2ccc(S(=O)(=O)Nc3ccc(Cl)cc3)cc2)n1. The molecule has 1 heterocycles. The Bertz CT molecular complexity index is 1070. The van der Waals surface area contributed by atoms with Crippen molar-refractivity contribution < 1.29 is 13.2 Å². The first-order valence-electron chi connectivity index (χ1n) is 7.97. The van der Waals surface area contributed by atoms with E-state index in [9.17, 15) is 13.2 Å². The number of nitrogens with one attached hydrogen (secondary N) is 2. The number of anilines is 2. The second kappa shape index (κ2) is 7.77. The van der Waals surface area contributed by atoms with Gasteiger partial charge in [-0.1, -0.05) is 17.7 Å². The summed E-state index contributed by atoms with van der Waals surface area (Å²) in [4.78, 5) is 16.5. The van der Waals surface area contributed by atoms with Gasteiger partial charge >= 0.3 is 0 Å². The minimum atomic E-state index is -3.77. The number of pyridine rings is 1. The lowest BCUT2D eigenvalue weighted by Crippen LogP contribution is -2.15. The molecule has 8 heteroatoms. The maximum absolute atomic E-state index is 12.4. The first-order chi connectivity index (χ1) is 12.8. The van der Waals surface area contributed by atoms with Crippen LogP contribution in [0.1, 0.15) is 16.1 Å². The van der Waals surface area contributed by atoms with Crippen LogP contribution in [-0.4, -0.2) is 19.3 Å². The van der Waals surface area contributed by atoms with E-state index in [1.807, 2.05) is 13.0 Å². The van der Waals surface area contributed by atoms with E-state index in [1.54, 1.807) is 36.4 Å². The van der Waals surface area contributed by atoms with Crippen LogP contribution in [-0.2, 0) is 10.0 Å². The Hall–Kier alpha value is -2.90. The number of aromatic nitrogens is 1. The van der Waals surface area contributed by atoms with Gasteiger partial charge in [-0.25, -0.2) is 13.4 Å². The standard InChI is InChI=1S/C19H16ClN3O3S/c1-13-3-2-4-18(21-13)22-19(24)14-5-11-17(12-6-14)27(25,26)23-16-9-7-15(20)8-10-16/h2-12,23H,1H3,(H,21,22,24). The van der Waals surface area contributed by atoms with Crippen molar-refractivity contribution >= 4 is 39.0 Å². The molecule has 3 aromatic rings. The summed E-state index contributed by atoms with van der Waals surface area (Å²) in [7, 11) is -3.77. The Morgan fingerprint density at radius 3 is 2.26 bits per heavy atom. The summed E-state index contributed by atoms with van der Waals surface area (Å²) in [6, 6.07) is 17.2. The highest BCUT2D eigenvalue weighted by Crippen LogP contribution is 2.19. The normalized spacial score (nSPS) is 11.0. The molecule has 1 amide bonds. The zero-order chi connectivity index (χ0) is 19.4. The summed E-state index contributed by atoms with van der Waals surface area (Å²) >= 11 is 5.79. The average Bonchev–Trinajstić information content (AvgIpc) is 2.63. The van der Waals surface area contributed by atoms with Gasteiger partial charge in [0.25, 0.3) is 15.9 Å². The summed E-state index contributed by atoms with van der Waals surface area (Å²) in [5.41, 5.74) is 1.50. The van der Waals surface area contributed by atoms with Crippen molar-refractivity contribution in [2.75, 3.05) is 10.0 Å². The van der Waals surface area contributed by atoms with E-state index < -0.39 is 10.0 Å². The maximum atomic E-state index is 12.4. The number of rotatable bonds is 5. The summed E-state index contributed by atoms with van der Waals surface area (Å²) < 4.78 is 27.3. The molecule has 138 valence electrons. The first-order valence-corrected chi connectivity index (χ1v) is 9.83. The molecule has 0 bridgehead atoms. The van der Waals surface area contributed by atoms with Crippen molar-refractivity contribution in [1.29, 1.82) is 0 Å². The van der Waals surface area contributed by atoms with E-state index in [4.69, 9.17) is 11.6 Å². The molecule has 0 atom stereocenters. The maximum Gasteiger partial charge on any atom is 0.261 e. The number of aryl methyl sites for hydroxylation is 1. The minimum Gasteiger partial charge on any atom is -0.307 e. The van der Waals surface area contributed by atoms with Gasteiger partial charge in [-0.15, -0.1) is 0 Å². The van der Waals surface area contributed by atoms with Crippen LogP contribution < -0.4 is 10.0 Å². The lowest BCUT2D eigenvalue weighted by Gasteiger charge is -2.09. The van der Waals surface area contributed by atoms with Crippen LogP contribution in [0.2, 0.25) is 5.02 Å². The zero-order valence-corrected chi connectivity index (χ0v) is 15.9. The highest BCUT2D eigenvalue weighted by Gasteiger charge is 2.15. The Kier molecular flexibility index (Phi) is 5.43. The molecule has 27 heavy (non-hydrogen) atoms. The fourth-order valence-electron chi connectivity index (χ4n) is 2.32. The lowest BCUT2D eigenvalue weighted by atomic mass is 10.2. The van der Waals surface area contributed by atoms with Gasteiger partial charge in [-0.2, -0.15) is 0 Å². The van der Waals surface area contributed by atoms with Gasteiger partial charge in [0, 0.05) is 22.0 Å². The van der Waals surface area contributed by atoms with Gasteiger partial charge in [-0.05, 0) is 67.6 Å². The number of benzene rings is 2. The van der Waals surface area contributed by atoms with Gasteiger partial charge < -0.3 is 5.32 Å². The smallest absolute Gasteiger partial charge is 0.261 e. The van der Waals surface area contributed by atoms with E-state index >= 15 is 0 Å². The number of hydrogen-bond donors (Lipinski definition) is 2. The predicted octanol–water partition coefficient (Wildman–Crippen LogP) is 4.10. The van der Waals surface area contributed by atoms with Crippen LogP contribution in [0.5, 0.6) is 0 Å². The van der Waals surface area contributed by atoms with E-state index in [0.717, 1.165) is 5.69 Å². The second-order valence-corrected chi connectivity index (χ2v) is 7.87. The quantitative estimate of drug-likeness (QED) is 0.673. The molecule has 0 unspecified atom stereocenters. The van der Waals surface area contributed by atoms with Crippen molar-refractivity contribution in [2.45, 2.75) is 11.8 Å². The average molecular weight is 402 g/mol. The summed E-state index contributed by atoms with van der Waals surface area (Å²) in [5, 5.41) is 3.19. The van der Waals surface area contributed by atoms with Crippen molar-refractivity contribution in [2.24, 2.45) is 0 Å². The third-order valence-corrected chi connectivity index (χ3v) is 5.30. The van der Waals surface area contributed by atoms with Crippen LogP contribution >= 0.6 is 11.6 Å². The van der Waals surface area contributed by atoms with Crippen molar-refractivity contribution in [3.8, 4) is 0 Å². The molecule has 0 radical (unpaired) electrons. The van der Waals surface area contributed by atoms with Crippen LogP contribution in [0.15, 0.2) is 71.6 Å². The Morgan fingerprint density at radius 2 is 1.63 bits per heavy atom. The van der Waals surface area contributed by atoms with Gasteiger partial charge in [0.05, 0.1) is 4.90 Å². The first kappa shape index (κ1) is 18.9. The van der Waals surface area contributed by atoms with Crippen molar-refractivity contribution in [1.82, 2.24) is 4.98 Å². The number of carbonyl (C=O) groups excluding carboxylic acids is 1. The molecule has 2 N–H and O–H groups in total. The summed E-state index contributed by atoms with van der Waals surface area (Å²) in [5.74, 6) is 0.0591. The van der Waals surface area contributed by atoms with Gasteiger partial charge in [0.15, 0.2) is 0 Å². The number of carbonyl (C=O) groups is 1. The molecular formula is C19H16ClN3O3S. The van der Waals surface area contributed by atoms with Gasteiger partial charge in [0.2, 0.25) is 0 Å².